The largest absolute Gasteiger partial charge is 0.419 e. The minimum Gasteiger partial charge on any atom is -0.353 e. The number of aromatic nitrogens is 1. The molecule has 2 aliphatic rings. The topological polar surface area (TPSA) is 85.8 Å². The standard InChI is InChI=1S/C22H26F3N5O3S/c23-22(24,25)19-5-4-10-26-20(19)28-13-15-30(16-14-28)34(32,33)18-8-6-17(7-9-18)27-21(31)29-11-2-1-3-12-29/h4-10H,1-3,11-16H2,(H,27,31). The van der Waals surface area contributed by atoms with Crippen LogP contribution in [0.5, 0.6) is 0 Å². The number of alkyl halides is 3. The van der Waals surface area contributed by atoms with Crippen LogP contribution in [0.15, 0.2) is 47.5 Å². The van der Waals surface area contributed by atoms with E-state index in [1.165, 1.54) is 45.7 Å². The zero-order chi connectivity index (χ0) is 24.3. The number of piperidine rings is 1. The molecule has 0 spiro atoms. The average Bonchev–Trinajstić information content (AvgIpc) is 2.84. The first-order valence-corrected chi connectivity index (χ1v) is 12.5. The van der Waals surface area contributed by atoms with Gasteiger partial charge in [0, 0.05) is 51.2 Å². The van der Waals surface area contributed by atoms with Crippen LogP contribution in [0.4, 0.5) is 29.5 Å². The van der Waals surface area contributed by atoms with Gasteiger partial charge in [0.15, 0.2) is 0 Å². The average molecular weight is 498 g/mol. The van der Waals surface area contributed by atoms with Crippen LogP contribution in [0.25, 0.3) is 0 Å². The number of hydrogen-bond donors (Lipinski definition) is 1. The molecule has 4 rings (SSSR count). The number of piperazine rings is 1. The Labute approximate surface area is 196 Å². The summed E-state index contributed by atoms with van der Waals surface area (Å²) in [5.41, 5.74) is -0.345. The second kappa shape index (κ2) is 9.79. The highest BCUT2D eigenvalue weighted by atomic mass is 32.2. The molecule has 1 aromatic carbocycles. The first-order chi connectivity index (χ1) is 16.2. The van der Waals surface area contributed by atoms with Gasteiger partial charge in [-0.1, -0.05) is 0 Å². The molecule has 184 valence electrons. The molecule has 0 bridgehead atoms. The summed E-state index contributed by atoms with van der Waals surface area (Å²) >= 11 is 0. The second-order valence-corrected chi connectivity index (χ2v) is 10.2. The van der Waals surface area contributed by atoms with E-state index in [0.717, 1.165) is 25.3 Å². The van der Waals surface area contributed by atoms with Crippen molar-refractivity contribution in [1.82, 2.24) is 14.2 Å². The van der Waals surface area contributed by atoms with Crippen molar-refractivity contribution in [3.8, 4) is 0 Å². The van der Waals surface area contributed by atoms with Crippen LogP contribution in [0, 0.1) is 0 Å². The summed E-state index contributed by atoms with van der Waals surface area (Å²) in [7, 11) is -3.83. The zero-order valence-corrected chi connectivity index (χ0v) is 19.3. The van der Waals surface area contributed by atoms with Gasteiger partial charge in [0.05, 0.1) is 10.5 Å². The van der Waals surface area contributed by atoms with Crippen LogP contribution in [0.2, 0.25) is 0 Å². The van der Waals surface area contributed by atoms with Crippen molar-refractivity contribution in [2.75, 3.05) is 49.5 Å². The fourth-order valence-electron chi connectivity index (χ4n) is 4.17. The third-order valence-electron chi connectivity index (χ3n) is 6.02. The molecule has 8 nitrogen and oxygen atoms in total. The van der Waals surface area contributed by atoms with Gasteiger partial charge in [0.25, 0.3) is 0 Å². The fraction of sp³-hybridized carbons (Fsp3) is 0.455. The molecule has 1 aromatic heterocycles. The number of pyridine rings is 1. The number of amides is 2. The third kappa shape index (κ3) is 5.27. The monoisotopic (exact) mass is 497 g/mol. The number of hydrogen-bond acceptors (Lipinski definition) is 5. The number of rotatable bonds is 4. The molecule has 2 aliphatic heterocycles. The van der Waals surface area contributed by atoms with E-state index >= 15 is 0 Å². The number of urea groups is 1. The van der Waals surface area contributed by atoms with Gasteiger partial charge in [-0.05, 0) is 55.7 Å². The van der Waals surface area contributed by atoms with Crippen molar-refractivity contribution in [3.63, 3.8) is 0 Å². The first kappa shape index (κ1) is 24.3. The molecule has 2 aromatic rings. The van der Waals surface area contributed by atoms with Crippen LogP contribution >= 0.6 is 0 Å². The highest BCUT2D eigenvalue weighted by Gasteiger charge is 2.37. The Kier molecular flexibility index (Phi) is 6.99. The predicted molar refractivity (Wildman–Crippen MR) is 121 cm³/mol. The number of nitrogens with one attached hydrogen (secondary N) is 1. The van der Waals surface area contributed by atoms with E-state index in [1.54, 1.807) is 4.90 Å². The summed E-state index contributed by atoms with van der Waals surface area (Å²) < 4.78 is 67.3. The van der Waals surface area contributed by atoms with Crippen molar-refractivity contribution < 1.29 is 26.4 Å². The summed E-state index contributed by atoms with van der Waals surface area (Å²) in [6.45, 7) is 1.64. The van der Waals surface area contributed by atoms with Crippen molar-refractivity contribution >= 4 is 27.6 Å². The highest BCUT2D eigenvalue weighted by Crippen LogP contribution is 2.35. The molecule has 0 atom stereocenters. The van der Waals surface area contributed by atoms with Crippen molar-refractivity contribution in [3.05, 3.63) is 48.2 Å². The van der Waals surface area contributed by atoms with E-state index in [1.807, 2.05) is 0 Å². The number of benzene rings is 1. The highest BCUT2D eigenvalue weighted by molar-refractivity contribution is 7.89. The van der Waals surface area contributed by atoms with Gasteiger partial charge in [-0.2, -0.15) is 17.5 Å². The van der Waals surface area contributed by atoms with E-state index in [-0.39, 0.29) is 42.9 Å². The van der Waals surface area contributed by atoms with E-state index in [0.29, 0.717) is 18.8 Å². The first-order valence-electron chi connectivity index (χ1n) is 11.1. The lowest BCUT2D eigenvalue weighted by Gasteiger charge is -2.35. The molecule has 2 fully saturated rings. The van der Waals surface area contributed by atoms with Gasteiger partial charge in [-0.15, -0.1) is 0 Å². The Morgan fingerprint density at radius 1 is 0.912 bits per heavy atom. The lowest BCUT2D eigenvalue weighted by molar-refractivity contribution is -0.137. The minimum atomic E-state index is -4.54. The second-order valence-electron chi connectivity index (χ2n) is 8.27. The number of halogens is 3. The Hall–Kier alpha value is -2.86. The molecule has 1 N–H and O–H groups in total. The summed E-state index contributed by atoms with van der Waals surface area (Å²) in [4.78, 5) is 19.5. The number of carbonyl (C=O) groups excluding carboxylic acids is 1. The fourth-order valence-corrected chi connectivity index (χ4v) is 5.59. The Morgan fingerprint density at radius 3 is 2.18 bits per heavy atom. The van der Waals surface area contributed by atoms with Crippen molar-refractivity contribution in [2.24, 2.45) is 0 Å². The Balaban J connectivity index is 1.39. The molecule has 0 radical (unpaired) electrons. The van der Waals surface area contributed by atoms with Gasteiger partial charge in [-0.25, -0.2) is 18.2 Å². The Morgan fingerprint density at radius 2 is 1.56 bits per heavy atom. The van der Waals surface area contributed by atoms with Gasteiger partial charge in [-0.3, -0.25) is 0 Å². The van der Waals surface area contributed by atoms with Crippen molar-refractivity contribution in [1.29, 1.82) is 0 Å². The Bertz CT molecular complexity index is 1110. The van der Waals surface area contributed by atoms with Gasteiger partial charge in [0.1, 0.15) is 5.82 Å². The molecular formula is C22H26F3N5O3S. The van der Waals surface area contributed by atoms with Gasteiger partial charge < -0.3 is 15.1 Å². The van der Waals surface area contributed by atoms with Gasteiger partial charge in [0.2, 0.25) is 10.0 Å². The molecule has 2 saturated heterocycles. The maximum absolute atomic E-state index is 13.3. The number of carbonyl (C=O) groups is 1. The van der Waals surface area contributed by atoms with Crippen LogP contribution in [0.1, 0.15) is 24.8 Å². The minimum absolute atomic E-state index is 0.0314. The van der Waals surface area contributed by atoms with Crippen LogP contribution in [-0.2, 0) is 16.2 Å². The summed E-state index contributed by atoms with van der Waals surface area (Å²) in [5, 5.41) is 2.78. The predicted octanol–water partition coefficient (Wildman–Crippen LogP) is 3.63. The molecule has 12 heteroatoms. The third-order valence-corrected chi connectivity index (χ3v) is 7.93. The number of anilines is 2. The summed E-state index contributed by atoms with van der Waals surface area (Å²) in [6.07, 6.45) is -0.210. The number of sulfonamides is 1. The molecule has 34 heavy (non-hydrogen) atoms. The lowest BCUT2D eigenvalue weighted by Crippen LogP contribution is -2.49. The van der Waals surface area contributed by atoms with E-state index in [4.69, 9.17) is 0 Å². The number of likely N-dealkylation sites (tertiary alicyclic amines) is 1. The lowest BCUT2D eigenvalue weighted by atomic mass is 10.1. The molecule has 0 unspecified atom stereocenters. The van der Waals surface area contributed by atoms with Gasteiger partial charge >= 0.3 is 12.2 Å². The van der Waals surface area contributed by atoms with E-state index < -0.39 is 21.8 Å². The molecule has 0 aliphatic carbocycles. The maximum Gasteiger partial charge on any atom is 0.419 e. The molecule has 2 amide bonds. The number of nitrogens with zero attached hydrogens (tertiary/aromatic N) is 4. The van der Waals surface area contributed by atoms with E-state index in [9.17, 15) is 26.4 Å². The van der Waals surface area contributed by atoms with Crippen LogP contribution in [0.3, 0.4) is 0 Å². The van der Waals surface area contributed by atoms with Crippen LogP contribution in [-0.4, -0.2) is 67.9 Å². The van der Waals surface area contributed by atoms with E-state index in [2.05, 4.69) is 10.3 Å². The summed E-state index contributed by atoms with van der Waals surface area (Å²) in [5.74, 6) is -0.194. The quantitative estimate of drug-likeness (QED) is 0.697. The molecule has 3 heterocycles. The maximum atomic E-state index is 13.3. The summed E-state index contributed by atoms with van der Waals surface area (Å²) in [6, 6.07) is 7.91. The zero-order valence-electron chi connectivity index (χ0n) is 18.5. The van der Waals surface area contributed by atoms with Crippen molar-refractivity contribution in [2.45, 2.75) is 30.3 Å². The normalized spacial score (nSPS) is 18.1. The molecular weight excluding hydrogens is 471 g/mol. The smallest absolute Gasteiger partial charge is 0.353 e. The SMILES string of the molecule is O=C(Nc1ccc(S(=O)(=O)N2CCN(c3ncccc3C(F)(F)F)CC2)cc1)N1CCCCC1. The molecule has 0 saturated carbocycles. The van der Waals surface area contributed by atoms with Crippen LogP contribution < -0.4 is 10.2 Å².